The summed E-state index contributed by atoms with van der Waals surface area (Å²) in [5.74, 6) is -0.534. The van der Waals surface area contributed by atoms with E-state index in [4.69, 9.17) is 0 Å². The Bertz CT molecular complexity index is 828. The van der Waals surface area contributed by atoms with Crippen LogP contribution in [0.25, 0.3) is 0 Å². The molecule has 0 bridgehead atoms. The average Bonchev–Trinajstić information content (AvgIpc) is 3.33. The van der Waals surface area contributed by atoms with Crippen molar-refractivity contribution >= 4 is 5.91 Å². The highest BCUT2D eigenvalue weighted by atomic mass is 19.1. The zero-order chi connectivity index (χ0) is 18.4. The molecule has 0 aliphatic rings. The second-order valence-corrected chi connectivity index (χ2v) is 5.97. The Morgan fingerprint density at radius 1 is 1.31 bits per heavy atom. The fourth-order valence-corrected chi connectivity index (χ4v) is 2.77. The maximum atomic E-state index is 13.1. The van der Waals surface area contributed by atoms with Crippen molar-refractivity contribution in [3.05, 3.63) is 66.3 Å². The highest BCUT2D eigenvalue weighted by molar-refractivity contribution is 5.91. The van der Waals surface area contributed by atoms with E-state index in [-0.39, 0.29) is 23.5 Å². The Kier molecular flexibility index (Phi) is 5.73. The van der Waals surface area contributed by atoms with Crippen LogP contribution in [0.4, 0.5) is 4.39 Å². The van der Waals surface area contributed by atoms with Crippen LogP contribution in [0.2, 0.25) is 0 Å². The highest BCUT2D eigenvalue weighted by Gasteiger charge is 2.17. The molecule has 0 aliphatic carbocycles. The van der Waals surface area contributed by atoms with Crippen molar-refractivity contribution in [1.29, 1.82) is 0 Å². The molecule has 1 amide bonds. The van der Waals surface area contributed by atoms with Gasteiger partial charge in [-0.15, -0.1) is 5.10 Å². The first-order chi connectivity index (χ1) is 12.7. The molecule has 1 atom stereocenters. The SMILES string of the molecule is CCC(c1ccc(F)cc1)n1cc(C(=O)NCCCn2ccnc2)nn1. The fraction of sp³-hybridized carbons (Fsp3) is 0.333. The normalized spacial score (nSPS) is 12.1. The van der Waals surface area contributed by atoms with Crippen LogP contribution in [0.15, 0.2) is 49.2 Å². The van der Waals surface area contributed by atoms with Crippen LogP contribution in [-0.2, 0) is 6.54 Å². The molecule has 26 heavy (non-hydrogen) atoms. The number of amides is 1. The summed E-state index contributed by atoms with van der Waals surface area (Å²) in [6.07, 6.45) is 8.52. The maximum absolute atomic E-state index is 13.1. The second-order valence-electron chi connectivity index (χ2n) is 5.97. The number of hydrogen-bond acceptors (Lipinski definition) is 4. The van der Waals surface area contributed by atoms with Crippen LogP contribution in [0, 0.1) is 5.82 Å². The summed E-state index contributed by atoms with van der Waals surface area (Å²) in [6.45, 7) is 3.33. The van der Waals surface area contributed by atoms with Crippen LogP contribution in [0.5, 0.6) is 0 Å². The molecule has 3 rings (SSSR count). The molecule has 0 radical (unpaired) electrons. The number of imidazole rings is 1. The summed E-state index contributed by atoms with van der Waals surface area (Å²) < 4.78 is 16.7. The van der Waals surface area contributed by atoms with Gasteiger partial charge in [-0.3, -0.25) is 4.79 Å². The van der Waals surface area contributed by atoms with Crippen LogP contribution in [0.1, 0.15) is 41.9 Å². The molecule has 3 aromatic rings. The van der Waals surface area contributed by atoms with Crippen LogP contribution in [-0.4, -0.2) is 37.0 Å². The van der Waals surface area contributed by atoms with Crippen molar-refractivity contribution in [2.24, 2.45) is 0 Å². The third kappa shape index (κ3) is 4.33. The van der Waals surface area contributed by atoms with Crippen LogP contribution < -0.4 is 5.32 Å². The third-order valence-electron chi connectivity index (χ3n) is 4.14. The molecule has 0 saturated carbocycles. The van der Waals surface area contributed by atoms with Crippen molar-refractivity contribution in [3.63, 3.8) is 0 Å². The van der Waals surface area contributed by atoms with Gasteiger partial charge in [0.15, 0.2) is 5.69 Å². The lowest BCUT2D eigenvalue weighted by atomic mass is 10.0. The van der Waals surface area contributed by atoms with E-state index in [1.165, 1.54) is 12.1 Å². The third-order valence-corrected chi connectivity index (χ3v) is 4.14. The quantitative estimate of drug-likeness (QED) is 0.629. The lowest BCUT2D eigenvalue weighted by Gasteiger charge is -2.14. The minimum atomic E-state index is -0.280. The molecule has 2 heterocycles. The maximum Gasteiger partial charge on any atom is 0.273 e. The molecule has 136 valence electrons. The number of nitrogens with zero attached hydrogens (tertiary/aromatic N) is 5. The largest absolute Gasteiger partial charge is 0.351 e. The van der Waals surface area contributed by atoms with Crippen molar-refractivity contribution in [3.8, 4) is 0 Å². The standard InChI is InChI=1S/C18H21FN6O/c1-2-17(14-4-6-15(19)7-5-14)25-12-16(22-23-25)18(26)21-8-3-10-24-11-9-20-13-24/h4-7,9,11-13,17H,2-3,8,10H2,1H3,(H,21,26). The smallest absolute Gasteiger partial charge is 0.273 e. The molecule has 8 heteroatoms. The molecule has 1 aromatic carbocycles. The average molecular weight is 356 g/mol. The lowest BCUT2D eigenvalue weighted by molar-refractivity contribution is 0.0947. The van der Waals surface area contributed by atoms with Gasteiger partial charge in [-0.1, -0.05) is 24.3 Å². The van der Waals surface area contributed by atoms with Crippen LogP contribution in [0.3, 0.4) is 0 Å². The van der Waals surface area contributed by atoms with E-state index in [9.17, 15) is 9.18 Å². The summed E-state index contributed by atoms with van der Waals surface area (Å²) in [5.41, 5.74) is 1.19. The van der Waals surface area contributed by atoms with E-state index in [1.807, 2.05) is 17.7 Å². The fourth-order valence-electron chi connectivity index (χ4n) is 2.77. The van der Waals surface area contributed by atoms with Gasteiger partial charge in [0.05, 0.1) is 18.6 Å². The number of carbonyl (C=O) groups excluding carboxylic acids is 1. The minimum absolute atomic E-state index is 0.0918. The highest BCUT2D eigenvalue weighted by Crippen LogP contribution is 2.21. The van der Waals surface area contributed by atoms with Gasteiger partial charge in [-0.25, -0.2) is 14.1 Å². The Balaban J connectivity index is 1.57. The summed E-state index contributed by atoms with van der Waals surface area (Å²) >= 11 is 0. The van der Waals surface area contributed by atoms with Gasteiger partial charge < -0.3 is 9.88 Å². The molecule has 0 spiro atoms. The number of aromatic nitrogens is 5. The van der Waals surface area contributed by atoms with E-state index in [2.05, 4.69) is 20.6 Å². The Hall–Kier alpha value is -3.03. The molecular weight excluding hydrogens is 335 g/mol. The van der Waals surface area contributed by atoms with Gasteiger partial charge in [0.1, 0.15) is 5.82 Å². The first-order valence-corrected chi connectivity index (χ1v) is 8.58. The second kappa shape index (κ2) is 8.37. The van der Waals surface area contributed by atoms with Gasteiger partial charge in [0.2, 0.25) is 0 Å². The summed E-state index contributed by atoms with van der Waals surface area (Å²) in [6, 6.07) is 6.19. The molecule has 1 N–H and O–H groups in total. The summed E-state index contributed by atoms with van der Waals surface area (Å²) in [4.78, 5) is 16.2. The molecule has 0 saturated heterocycles. The predicted molar refractivity (Wildman–Crippen MR) is 94.0 cm³/mol. The van der Waals surface area contributed by atoms with Gasteiger partial charge in [-0.05, 0) is 30.5 Å². The molecule has 0 aliphatic heterocycles. The van der Waals surface area contributed by atoms with E-state index in [0.717, 1.165) is 24.9 Å². The van der Waals surface area contributed by atoms with Crippen molar-refractivity contribution in [2.45, 2.75) is 32.4 Å². The van der Waals surface area contributed by atoms with E-state index >= 15 is 0 Å². The molecule has 7 nitrogen and oxygen atoms in total. The van der Waals surface area contributed by atoms with Gasteiger partial charge in [0.25, 0.3) is 5.91 Å². The van der Waals surface area contributed by atoms with Crippen LogP contribution >= 0.6 is 0 Å². The predicted octanol–water partition coefficient (Wildman–Crippen LogP) is 2.43. The lowest BCUT2D eigenvalue weighted by Crippen LogP contribution is -2.25. The number of carbonyl (C=O) groups is 1. The van der Waals surface area contributed by atoms with E-state index in [1.54, 1.807) is 35.5 Å². The zero-order valence-electron chi connectivity index (χ0n) is 14.5. The van der Waals surface area contributed by atoms with Crippen molar-refractivity contribution < 1.29 is 9.18 Å². The zero-order valence-corrected chi connectivity index (χ0v) is 14.5. The first-order valence-electron chi connectivity index (χ1n) is 8.58. The molecule has 1 unspecified atom stereocenters. The van der Waals surface area contributed by atoms with Gasteiger partial charge in [0, 0.05) is 25.5 Å². The Labute approximate surface area is 150 Å². The van der Waals surface area contributed by atoms with Crippen molar-refractivity contribution in [1.82, 2.24) is 29.9 Å². The first kappa shape index (κ1) is 17.8. The number of hydrogen-bond donors (Lipinski definition) is 1. The van der Waals surface area contributed by atoms with Gasteiger partial charge in [-0.2, -0.15) is 0 Å². The monoisotopic (exact) mass is 356 g/mol. The van der Waals surface area contributed by atoms with E-state index in [0.29, 0.717) is 6.54 Å². The topological polar surface area (TPSA) is 77.6 Å². The number of rotatable bonds is 8. The van der Waals surface area contributed by atoms with Gasteiger partial charge >= 0.3 is 0 Å². The number of nitrogens with one attached hydrogen (secondary N) is 1. The Morgan fingerprint density at radius 3 is 2.81 bits per heavy atom. The summed E-state index contributed by atoms with van der Waals surface area (Å²) in [5, 5.41) is 10.9. The Morgan fingerprint density at radius 2 is 2.12 bits per heavy atom. The summed E-state index contributed by atoms with van der Waals surface area (Å²) in [7, 11) is 0. The van der Waals surface area contributed by atoms with E-state index < -0.39 is 0 Å². The minimum Gasteiger partial charge on any atom is -0.351 e. The van der Waals surface area contributed by atoms with Crippen molar-refractivity contribution in [2.75, 3.05) is 6.54 Å². The number of benzene rings is 1. The molecule has 0 fully saturated rings. The number of aryl methyl sites for hydroxylation is 1. The molecule has 2 aromatic heterocycles. The molecular formula is C18H21FN6O. The number of halogens is 1.